The first-order valence-electron chi connectivity index (χ1n) is 10.3. The lowest BCUT2D eigenvalue weighted by Crippen LogP contribution is -1.93. The summed E-state index contributed by atoms with van der Waals surface area (Å²) in [5.74, 6) is -0.660. The molecule has 0 saturated heterocycles. The van der Waals surface area contributed by atoms with Gasteiger partial charge in [-0.05, 0) is 38.5 Å². The van der Waals surface area contributed by atoms with Gasteiger partial charge in [0, 0.05) is 6.42 Å². The van der Waals surface area contributed by atoms with Gasteiger partial charge in [-0.3, -0.25) is 4.79 Å². The van der Waals surface area contributed by atoms with Crippen molar-refractivity contribution in [3.8, 4) is 0 Å². The molecular weight excluding hydrogens is 296 g/mol. The van der Waals surface area contributed by atoms with Crippen LogP contribution in [0.2, 0.25) is 0 Å². The fourth-order valence-corrected chi connectivity index (χ4v) is 2.79. The molecule has 0 aromatic carbocycles. The van der Waals surface area contributed by atoms with Crippen LogP contribution in [0, 0.1) is 0 Å². The fourth-order valence-electron chi connectivity index (χ4n) is 2.79. The normalized spacial score (nSPS) is 11.7. The second kappa shape index (κ2) is 20.0. The average molecular weight is 337 g/mol. The maximum absolute atomic E-state index is 10.4. The summed E-state index contributed by atoms with van der Waals surface area (Å²) in [5.41, 5.74) is 0. The molecule has 0 atom stereocenters. The Balaban J connectivity index is 3.14. The molecule has 0 radical (unpaired) electrons. The molecule has 0 heterocycles. The van der Waals surface area contributed by atoms with Gasteiger partial charge in [-0.2, -0.15) is 0 Å². The summed E-state index contributed by atoms with van der Waals surface area (Å²) in [6.45, 7) is 2.25. The first-order valence-corrected chi connectivity index (χ1v) is 10.3. The highest BCUT2D eigenvalue weighted by Gasteiger charge is 1.96. The van der Waals surface area contributed by atoms with Crippen LogP contribution in [0.4, 0.5) is 0 Å². The summed E-state index contributed by atoms with van der Waals surface area (Å²) in [6.07, 6.45) is 28.2. The molecule has 2 heteroatoms. The molecular formula is C22H40O2. The lowest BCUT2D eigenvalue weighted by Gasteiger charge is -2.01. The second-order valence-electron chi connectivity index (χ2n) is 6.79. The quantitative estimate of drug-likeness (QED) is 0.208. The highest BCUT2D eigenvalue weighted by Crippen LogP contribution is 2.11. The zero-order chi connectivity index (χ0) is 17.7. The van der Waals surface area contributed by atoms with E-state index in [9.17, 15) is 4.79 Å². The van der Waals surface area contributed by atoms with Gasteiger partial charge < -0.3 is 5.11 Å². The van der Waals surface area contributed by atoms with Gasteiger partial charge >= 0.3 is 5.97 Å². The Labute approximate surface area is 150 Å². The number of hydrogen-bond donors (Lipinski definition) is 1. The number of aliphatic carboxylic acids is 1. The van der Waals surface area contributed by atoms with E-state index in [-0.39, 0.29) is 0 Å². The molecule has 0 rings (SSSR count). The van der Waals surface area contributed by atoms with Gasteiger partial charge in [0.25, 0.3) is 0 Å². The van der Waals surface area contributed by atoms with Crippen LogP contribution >= 0.6 is 0 Å². The van der Waals surface area contributed by atoms with Crippen molar-refractivity contribution in [1.82, 2.24) is 0 Å². The predicted molar refractivity (Wildman–Crippen MR) is 105 cm³/mol. The van der Waals surface area contributed by atoms with Crippen LogP contribution in [0.15, 0.2) is 24.3 Å². The standard InChI is InChI=1S/C22H40O2/c1-2-3-4-5-6-7-8-9-10-11-12-13-14-15-16-17-18-19-20-21-22(23)24/h6-7,9-10H,2-5,8,11-21H2,1H3,(H,23,24)/b7-6+,10-9+. The van der Waals surface area contributed by atoms with E-state index in [1.165, 1.54) is 77.0 Å². The van der Waals surface area contributed by atoms with E-state index in [0.717, 1.165) is 19.3 Å². The molecule has 0 aliphatic rings. The zero-order valence-electron chi connectivity index (χ0n) is 16.0. The molecule has 140 valence electrons. The summed E-state index contributed by atoms with van der Waals surface area (Å²) in [4.78, 5) is 10.4. The molecule has 24 heavy (non-hydrogen) atoms. The van der Waals surface area contributed by atoms with Crippen molar-refractivity contribution >= 4 is 5.97 Å². The van der Waals surface area contributed by atoms with Crippen LogP contribution in [0.25, 0.3) is 0 Å². The van der Waals surface area contributed by atoms with E-state index < -0.39 is 5.97 Å². The van der Waals surface area contributed by atoms with Gasteiger partial charge in [0.15, 0.2) is 0 Å². The molecule has 0 aromatic rings. The van der Waals surface area contributed by atoms with Crippen LogP contribution in [-0.4, -0.2) is 11.1 Å². The van der Waals surface area contributed by atoms with Gasteiger partial charge in [0.05, 0.1) is 0 Å². The van der Waals surface area contributed by atoms with Gasteiger partial charge in [-0.1, -0.05) is 89.0 Å². The largest absolute Gasteiger partial charge is 0.481 e. The molecule has 0 spiro atoms. The van der Waals surface area contributed by atoms with E-state index in [1.54, 1.807) is 0 Å². The number of hydrogen-bond acceptors (Lipinski definition) is 1. The van der Waals surface area contributed by atoms with Crippen molar-refractivity contribution in [3.63, 3.8) is 0 Å². The Morgan fingerprint density at radius 1 is 0.667 bits per heavy atom. The highest BCUT2D eigenvalue weighted by molar-refractivity contribution is 5.66. The summed E-state index contributed by atoms with van der Waals surface area (Å²) in [6, 6.07) is 0. The maximum Gasteiger partial charge on any atom is 0.303 e. The lowest BCUT2D eigenvalue weighted by atomic mass is 10.1. The van der Waals surface area contributed by atoms with Crippen molar-refractivity contribution < 1.29 is 9.90 Å². The number of allylic oxidation sites excluding steroid dienone is 4. The Morgan fingerprint density at radius 2 is 1.12 bits per heavy atom. The Morgan fingerprint density at radius 3 is 1.62 bits per heavy atom. The Bertz CT molecular complexity index is 318. The minimum atomic E-state index is -0.660. The van der Waals surface area contributed by atoms with Crippen molar-refractivity contribution in [3.05, 3.63) is 24.3 Å². The van der Waals surface area contributed by atoms with Gasteiger partial charge in [-0.25, -0.2) is 0 Å². The van der Waals surface area contributed by atoms with Crippen molar-refractivity contribution in [2.45, 2.75) is 110 Å². The van der Waals surface area contributed by atoms with E-state index in [4.69, 9.17) is 5.11 Å². The van der Waals surface area contributed by atoms with Crippen LogP contribution < -0.4 is 0 Å². The monoisotopic (exact) mass is 336 g/mol. The topological polar surface area (TPSA) is 37.3 Å². The van der Waals surface area contributed by atoms with Crippen LogP contribution in [0.3, 0.4) is 0 Å². The maximum atomic E-state index is 10.4. The molecule has 0 fully saturated rings. The van der Waals surface area contributed by atoms with Crippen molar-refractivity contribution in [2.75, 3.05) is 0 Å². The smallest absolute Gasteiger partial charge is 0.303 e. The lowest BCUT2D eigenvalue weighted by molar-refractivity contribution is -0.137. The molecule has 0 saturated carbocycles. The number of carboxylic acids is 1. The summed E-state index contributed by atoms with van der Waals surface area (Å²) in [5, 5.41) is 8.55. The fraction of sp³-hybridized carbons (Fsp3) is 0.773. The van der Waals surface area contributed by atoms with E-state index in [1.807, 2.05) is 0 Å². The average Bonchev–Trinajstić information content (AvgIpc) is 2.56. The summed E-state index contributed by atoms with van der Waals surface area (Å²) >= 11 is 0. The second-order valence-corrected chi connectivity index (χ2v) is 6.79. The predicted octanol–water partition coefficient (Wildman–Crippen LogP) is 7.44. The minimum absolute atomic E-state index is 0.335. The first-order chi connectivity index (χ1) is 11.8. The highest BCUT2D eigenvalue weighted by atomic mass is 16.4. The first kappa shape index (κ1) is 22.9. The molecule has 0 bridgehead atoms. The number of carbonyl (C=O) groups is 1. The van der Waals surface area contributed by atoms with E-state index in [0.29, 0.717) is 6.42 Å². The van der Waals surface area contributed by atoms with Crippen LogP contribution in [-0.2, 0) is 4.79 Å². The third kappa shape index (κ3) is 20.9. The SMILES string of the molecule is CCCCC/C=C/C/C=C/CCCCCCCCCCCC(=O)O. The number of rotatable bonds is 18. The molecule has 0 aromatic heterocycles. The van der Waals surface area contributed by atoms with Gasteiger partial charge in [0.2, 0.25) is 0 Å². The molecule has 0 amide bonds. The van der Waals surface area contributed by atoms with Crippen LogP contribution in [0.5, 0.6) is 0 Å². The number of unbranched alkanes of at least 4 members (excludes halogenated alkanes) is 12. The molecule has 0 unspecified atom stereocenters. The number of carboxylic acid groups (broad SMARTS) is 1. The van der Waals surface area contributed by atoms with E-state index in [2.05, 4.69) is 31.2 Å². The van der Waals surface area contributed by atoms with Crippen molar-refractivity contribution in [1.29, 1.82) is 0 Å². The minimum Gasteiger partial charge on any atom is -0.481 e. The molecule has 0 aliphatic heterocycles. The van der Waals surface area contributed by atoms with Gasteiger partial charge in [0.1, 0.15) is 0 Å². The third-order valence-corrected chi connectivity index (χ3v) is 4.34. The van der Waals surface area contributed by atoms with Gasteiger partial charge in [-0.15, -0.1) is 0 Å². The van der Waals surface area contributed by atoms with E-state index >= 15 is 0 Å². The van der Waals surface area contributed by atoms with Crippen LogP contribution in [0.1, 0.15) is 110 Å². The molecule has 0 aliphatic carbocycles. The molecule has 2 nitrogen and oxygen atoms in total. The Kier molecular flexibility index (Phi) is 19.1. The summed E-state index contributed by atoms with van der Waals surface area (Å²) in [7, 11) is 0. The molecule has 1 N–H and O–H groups in total. The summed E-state index contributed by atoms with van der Waals surface area (Å²) < 4.78 is 0. The Hall–Kier alpha value is -1.05. The zero-order valence-corrected chi connectivity index (χ0v) is 16.0. The van der Waals surface area contributed by atoms with Crippen molar-refractivity contribution in [2.24, 2.45) is 0 Å². The third-order valence-electron chi connectivity index (χ3n) is 4.34.